The van der Waals surface area contributed by atoms with Crippen molar-refractivity contribution >= 4 is 22.8 Å². The standard InChI is InChI=1S/C20H17NO4/c22-19-16(11-14-6-7-17-15(10-14)8-9-24-17)18(21-19)20(23)25-12-13-4-2-1-3-5-13/h1-10,16,18H,11-12H2,(H,21,22)/t16-,18+/m1/s1. The number of hydrogen-bond donors (Lipinski definition) is 1. The van der Waals surface area contributed by atoms with Crippen molar-refractivity contribution in [1.82, 2.24) is 5.32 Å². The van der Waals surface area contributed by atoms with Gasteiger partial charge >= 0.3 is 5.97 Å². The molecule has 1 aliphatic rings. The van der Waals surface area contributed by atoms with Crippen LogP contribution in [-0.2, 0) is 27.4 Å². The second kappa shape index (κ2) is 6.43. The molecule has 0 radical (unpaired) electrons. The number of nitrogens with one attached hydrogen (secondary N) is 1. The van der Waals surface area contributed by atoms with Gasteiger partial charge in [-0.15, -0.1) is 0 Å². The van der Waals surface area contributed by atoms with Crippen LogP contribution in [0.5, 0.6) is 0 Å². The summed E-state index contributed by atoms with van der Waals surface area (Å²) in [5.74, 6) is -0.903. The fourth-order valence-electron chi connectivity index (χ4n) is 3.07. The molecule has 0 aliphatic carbocycles. The summed E-state index contributed by atoms with van der Waals surface area (Å²) in [5, 5.41) is 3.64. The van der Waals surface area contributed by atoms with Crippen LogP contribution >= 0.6 is 0 Å². The molecule has 5 heteroatoms. The summed E-state index contributed by atoms with van der Waals surface area (Å²) in [6, 6.07) is 16.6. The third kappa shape index (κ3) is 3.13. The van der Waals surface area contributed by atoms with Crippen molar-refractivity contribution in [3.8, 4) is 0 Å². The van der Waals surface area contributed by atoms with Crippen molar-refractivity contribution in [3.63, 3.8) is 0 Å². The Bertz CT molecular complexity index is 916. The second-order valence-corrected chi connectivity index (χ2v) is 6.18. The first kappa shape index (κ1) is 15.4. The molecule has 4 rings (SSSR count). The second-order valence-electron chi connectivity index (χ2n) is 6.18. The van der Waals surface area contributed by atoms with Gasteiger partial charge in [-0.2, -0.15) is 0 Å². The highest BCUT2D eigenvalue weighted by atomic mass is 16.5. The lowest BCUT2D eigenvalue weighted by Gasteiger charge is -2.34. The Morgan fingerprint density at radius 2 is 1.92 bits per heavy atom. The molecule has 0 spiro atoms. The lowest BCUT2D eigenvalue weighted by atomic mass is 9.84. The Balaban J connectivity index is 1.40. The molecule has 1 N–H and O–H groups in total. The lowest BCUT2D eigenvalue weighted by Crippen LogP contribution is -2.63. The minimum atomic E-state index is -0.587. The number of benzene rings is 2. The molecule has 1 aromatic heterocycles. The first-order chi connectivity index (χ1) is 12.2. The van der Waals surface area contributed by atoms with E-state index in [0.29, 0.717) is 6.42 Å². The van der Waals surface area contributed by atoms with Gasteiger partial charge in [0.1, 0.15) is 18.2 Å². The number of carbonyl (C=O) groups excluding carboxylic acids is 2. The average Bonchev–Trinajstić information content (AvgIpc) is 3.11. The first-order valence-electron chi connectivity index (χ1n) is 8.18. The minimum Gasteiger partial charge on any atom is -0.464 e. The maximum Gasteiger partial charge on any atom is 0.329 e. The van der Waals surface area contributed by atoms with Crippen LogP contribution in [0.4, 0.5) is 0 Å². The Hall–Kier alpha value is -3.08. The molecule has 1 saturated heterocycles. The molecule has 2 aromatic carbocycles. The summed E-state index contributed by atoms with van der Waals surface area (Å²) in [4.78, 5) is 24.2. The summed E-state index contributed by atoms with van der Waals surface area (Å²) in [5.41, 5.74) is 2.72. The van der Waals surface area contributed by atoms with E-state index in [1.807, 2.05) is 54.6 Å². The number of esters is 1. The van der Waals surface area contributed by atoms with Crippen LogP contribution in [0.15, 0.2) is 65.3 Å². The van der Waals surface area contributed by atoms with E-state index >= 15 is 0 Å². The Morgan fingerprint density at radius 3 is 2.72 bits per heavy atom. The van der Waals surface area contributed by atoms with Crippen LogP contribution in [-0.4, -0.2) is 17.9 Å². The Labute approximate surface area is 144 Å². The van der Waals surface area contributed by atoms with Crippen LogP contribution in [0.2, 0.25) is 0 Å². The number of carbonyl (C=O) groups is 2. The van der Waals surface area contributed by atoms with Crippen LogP contribution in [0.3, 0.4) is 0 Å². The molecular weight excluding hydrogens is 318 g/mol. The molecule has 1 fully saturated rings. The summed E-state index contributed by atoms with van der Waals surface area (Å²) < 4.78 is 10.7. The number of amides is 1. The van der Waals surface area contributed by atoms with Crippen molar-refractivity contribution in [3.05, 3.63) is 72.0 Å². The number of rotatable bonds is 5. The SMILES string of the molecule is O=C(OCc1ccccc1)[C@H]1NC(=O)[C@@H]1Cc1ccc2occc2c1. The minimum absolute atomic E-state index is 0.117. The normalized spacial score (nSPS) is 19.3. The van der Waals surface area contributed by atoms with Crippen LogP contribution in [0.1, 0.15) is 11.1 Å². The van der Waals surface area contributed by atoms with E-state index < -0.39 is 17.9 Å². The molecule has 25 heavy (non-hydrogen) atoms. The fourth-order valence-corrected chi connectivity index (χ4v) is 3.07. The van der Waals surface area contributed by atoms with E-state index in [0.717, 1.165) is 22.1 Å². The topological polar surface area (TPSA) is 68.5 Å². The van der Waals surface area contributed by atoms with Gasteiger partial charge in [0.2, 0.25) is 5.91 Å². The van der Waals surface area contributed by atoms with Crippen molar-refractivity contribution in [2.24, 2.45) is 5.92 Å². The molecule has 0 saturated carbocycles. The third-order valence-corrected chi connectivity index (χ3v) is 4.49. The van der Waals surface area contributed by atoms with Crippen molar-refractivity contribution in [2.45, 2.75) is 19.1 Å². The van der Waals surface area contributed by atoms with Crippen molar-refractivity contribution in [2.75, 3.05) is 0 Å². The van der Waals surface area contributed by atoms with E-state index in [1.165, 1.54) is 0 Å². The molecule has 1 aliphatic heterocycles. The van der Waals surface area contributed by atoms with Gasteiger partial charge in [-0.1, -0.05) is 36.4 Å². The molecule has 126 valence electrons. The summed E-state index contributed by atoms with van der Waals surface area (Å²) in [7, 11) is 0. The third-order valence-electron chi connectivity index (χ3n) is 4.49. The van der Waals surface area contributed by atoms with E-state index in [-0.39, 0.29) is 12.5 Å². The number of hydrogen-bond acceptors (Lipinski definition) is 4. The molecule has 2 heterocycles. The van der Waals surface area contributed by atoms with Gasteiger partial charge in [0.15, 0.2) is 0 Å². The average molecular weight is 335 g/mol. The van der Waals surface area contributed by atoms with Gasteiger partial charge in [0.05, 0.1) is 12.2 Å². The smallest absolute Gasteiger partial charge is 0.329 e. The summed E-state index contributed by atoms with van der Waals surface area (Å²) >= 11 is 0. The number of fused-ring (bicyclic) bond motifs is 1. The van der Waals surface area contributed by atoms with Gasteiger partial charge < -0.3 is 14.5 Å². The van der Waals surface area contributed by atoms with E-state index in [4.69, 9.17) is 9.15 Å². The summed E-state index contributed by atoms with van der Waals surface area (Å²) in [6.45, 7) is 0.208. The Morgan fingerprint density at radius 1 is 1.08 bits per heavy atom. The van der Waals surface area contributed by atoms with Crippen molar-refractivity contribution in [1.29, 1.82) is 0 Å². The van der Waals surface area contributed by atoms with Gasteiger partial charge in [-0.05, 0) is 35.7 Å². The monoisotopic (exact) mass is 335 g/mol. The van der Waals surface area contributed by atoms with Gasteiger partial charge in [-0.25, -0.2) is 4.79 Å². The highest BCUT2D eigenvalue weighted by molar-refractivity contribution is 5.97. The maximum atomic E-state index is 12.3. The van der Waals surface area contributed by atoms with Crippen LogP contribution < -0.4 is 5.32 Å². The lowest BCUT2D eigenvalue weighted by molar-refractivity contribution is -0.158. The molecular formula is C20H17NO4. The number of furan rings is 1. The predicted octanol–water partition coefficient (Wildman–Crippen LogP) is 2.83. The molecule has 3 aromatic rings. The highest BCUT2D eigenvalue weighted by Gasteiger charge is 2.44. The fraction of sp³-hybridized carbons (Fsp3) is 0.200. The zero-order chi connectivity index (χ0) is 17.2. The molecule has 1 amide bonds. The first-order valence-corrected chi connectivity index (χ1v) is 8.18. The Kier molecular flexibility index (Phi) is 3.98. The predicted molar refractivity (Wildman–Crippen MR) is 91.6 cm³/mol. The van der Waals surface area contributed by atoms with E-state index in [9.17, 15) is 9.59 Å². The van der Waals surface area contributed by atoms with Gasteiger partial charge in [-0.3, -0.25) is 4.79 Å². The number of ether oxygens (including phenoxy) is 1. The zero-order valence-corrected chi connectivity index (χ0v) is 13.5. The summed E-state index contributed by atoms with van der Waals surface area (Å²) in [6.07, 6.45) is 2.13. The zero-order valence-electron chi connectivity index (χ0n) is 13.5. The number of β-lactam (4-membered cyclic amide) rings is 1. The van der Waals surface area contributed by atoms with E-state index in [1.54, 1.807) is 6.26 Å². The van der Waals surface area contributed by atoms with Crippen LogP contribution in [0, 0.1) is 5.92 Å². The quantitative estimate of drug-likeness (QED) is 0.575. The van der Waals surface area contributed by atoms with Crippen LogP contribution in [0.25, 0.3) is 11.0 Å². The van der Waals surface area contributed by atoms with Gasteiger partial charge in [0.25, 0.3) is 0 Å². The highest BCUT2D eigenvalue weighted by Crippen LogP contribution is 2.25. The molecule has 0 bridgehead atoms. The van der Waals surface area contributed by atoms with Crippen molar-refractivity contribution < 1.29 is 18.7 Å². The largest absolute Gasteiger partial charge is 0.464 e. The maximum absolute atomic E-state index is 12.3. The van der Waals surface area contributed by atoms with E-state index in [2.05, 4.69) is 5.32 Å². The molecule has 2 atom stereocenters. The molecule has 5 nitrogen and oxygen atoms in total. The molecule has 0 unspecified atom stereocenters. The van der Waals surface area contributed by atoms with Gasteiger partial charge in [0, 0.05) is 5.39 Å².